The summed E-state index contributed by atoms with van der Waals surface area (Å²) in [5, 5.41) is 7.39. The topological polar surface area (TPSA) is 91.7 Å². The van der Waals surface area contributed by atoms with E-state index >= 15 is 0 Å². The van der Waals surface area contributed by atoms with E-state index in [1.807, 2.05) is 24.7 Å². The quantitative estimate of drug-likeness (QED) is 0.752. The number of aromatic nitrogens is 5. The first-order chi connectivity index (χ1) is 12.1. The largest absolute Gasteiger partial charge is 0.355 e. The maximum atomic E-state index is 12.8. The summed E-state index contributed by atoms with van der Waals surface area (Å²) >= 11 is 0. The van der Waals surface area contributed by atoms with Crippen molar-refractivity contribution in [2.24, 2.45) is 7.05 Å². The zero-order chi connectivity index (χ0) is 17.4. The van der Waals surface area contributed by atoms with Crippen LogP contribution in [0.15, 0.2) is 24.5 Å². The molecule has 4 rings (SSSR count). The van der Waals surface area contributed by atoms with Gasteiger partial charge in [-0.25, -0.2) is 9.97 Å². The lowest BCUT2D eigenvalue weighted by Gasteiger charge is -2.34. The van der Waals surface area contributed by atoms with Crippen molar-refractivity contribution < 1.29 is 4.79 Å². The Hall–Kier alpha value is -2.90. The number of rotatable bonds is 3. The number of anilines is 1. The van der Waals surface area contributed by atoms with Crippen LogP contribution < -0.4 is 10.2 Å². The molecule has 25 heavy (non-hydrogen) atoms. The summed E-state index contributed by atoms with van der Waals surface area (Å²) < 4.78 is 1.87. The van der Waals surface area contributed by atoms with Crippen LogP contribution in [-0.2, 0) is 7.05 Å². The lowest BCUT2D eigenvalue weighted by atomic mass is 10.0. The number of aromatic amines is 1. The fourth-order valence-corrected chi connectivity index (χ4v) is 3.46. The van der Waals surface area contributed by atoms with Crippen LogP contribution in [-0.4, -0.2) is 49.8 Å². The fourth-order valence-electron chi connectivity index (χ4n) is 3.46. The monoisotopic (exact) mass is 339 g/mol. The van der Waals surface area contributed by atoms with Crippen molar-refractivity contribution in [1.29, 1.82) is 0 Å². The molecule has 0 saturated carbocycles. The molecule has 0 aromatic carbocycles. The minimum Gasteiger partial charge on any atom is -0.355 e. The summed E-state index contributed by atoms with van der Waals surface area (Å²) in [5.74, 6) is 1.74. The molecule has 1 aliphatic heterocycles. The number of hydrogen-bond acceptors (Lipinski definition) is 5. The minimum atomic E-state index is -0.0899. The summed E-state index contributed by atoms with van der Waals surface area (Å²) in [5.41, 5.74) is 1.85. The van der Waals surface area contributed by atoms with Crippen molar-refractivity contribution in [1.82, 2.24) is 30.0 Å². The maximum absolute atomic E-state index is 12.8. The van der Waals surface area contributed by atoms with Crippen LogP contribution >= 0.6 is 0 Å². The van der Waals surface area contributed by atoms with Gasteiger partial charge in [0.15, 0.2) is 5.65 Å². The molecule has 130 valence electrons. The predicted octanol–water partition coefficient (Wildman–Crippen LogP) is 1.40. The molecule has 0 spiro atoms. The lowest BCUT2D eigenvalue weighted by Crippen LogP contribution is -2.48. The lowest BCUT2D eigenvalue weighted by molar-refractivity contribution is 0.0934. The van der Waals surface area contributed by atoms with E-state index in [0.717, 1.165) is 37.6 Å². The molecule has 0 bridgehead atoms. The summed E-state index contributed by atoms with van der Waals surface area (Å²) in [6.45, 7) is 3.61. The van der Waals surface area contributed by atoms with Crippen molar-refractivity contribution in [3.05, 3.63) is 35.9 Å². The first kappa shape index (κ1) is 15.6. The molecular formula is C17H21N7O. The Kier molecular flexibility index (Phi) is 3.87. The molecule has 1 atom stereocenters. The van der Waals surface area contributed by atoms with Crippen LogP contribution in [0.2, 0.25) is 0 Å². The molecule has 3 aromatic heterocycles. The average Bonchev–Trinajstić information content (AvgIpc) is 3.19. The first-order valence-corrected chi connectivity index (χ1v) is 8.47. The van der Waals surface area contributed by atoms with Crippen molar-refractivity contribution in [2.75, 3.05) is 18.0 Å². The molecule has 1 saturated heterocycles. The normalized spacial score (nSPS) is 17.8. The predicted molar refractivity (Wildman–Crippen MR) is 94.5 cm³/mol. The Labute approximate surface area is 145 Å². The highest BCUT2D eigenvalue weighted by molar-refractivity contribution is 6.04. The molecule has 8 heteroatoms. The van der Waals surface area contributed by atoms with Crippen molar-refractivity contribution in [3.63, 3.8) is 0 Å². The molecule has 1 fully saturated rings. The number of carbonyl (C=O) groups is 1. The van der Waals surface area contributed by atoms with Crippen molar-refractivity contribution in [3.8, 4) is 0 Å². The zero-order valence-electron chi connectivity index (χ0n) is 14.4. The van der Waals surface area contributed by atoms with E-state index in [1.165, 1.54) is 0 Å². The van der Waals surface area contributed by atoms with Crippen LogP contribution in [0.25, 0.3) is 11.2 Å². The average molecular weight is 339 g/mol. The van der Waals surface area contributed by atoms with E-state index in [4.69, 9.17) is 0 Å². The number of carbonyl (C=O) groups excluding carboxylic acids is 1. The van der Waals surface area contributed by atoms with E-state index in [2.05, 4.69) is 30.3 Å². The Balaban J connectivity index is 1.51. The highest BCUT2D eigenvalue weighted by Gasteiger charge is 2.24. The number of nitrogens with zero attached hydrogens (tertiary/aromatic N) is 5. The maximum Gasteiger partial charge on any atom is 0.253 e. The summed E-state index contributed by atoms with van der Waals surface area (Å²) in [4.78, 5) is 26.7. The zero-order valence-corrected chi connectivity index (χ0v) is 14.4. The van der Waals surface area contributed by atoms with Crippen LogP contribution in [0.5, 0.6) is 0 Å². The number of H-pyrrole nitrogens is 1. The SMILES string of the molecule is Cc1nc2nccc(C(=O)NC3CCCN(c4ccnn4C)C3)c2[nH]1. The standard InChI is InChI=1S/C17H21N7O/c1-11-20-15-13(5-7-18-16(15)21-11)17(25)22-12-4-3-9-24(10-12)14-6-8-19-23(14)2/h5-8,12H,3-4,9-10H2,1-2H3,(H,22,25)(H,18,20,21). The minimum absolute atomic E-state index is 0.0899. The Morgan fingerprint density at radius 2 is 2.24 bits per heavy atom. The number of nitrogens with one attached hydrogen (secondary N) is 2. The van der Waals surface area contributed by atoms with Gasteiger partial charge in [-0.1, -0.05) is 0 Å². The second-order valence-electron chi connectivity index (χ2n) is 6.45. The van der Waals surface area contributed by atoms with Gasteiger partial charge in [0.2, 0.25) is 0 Å². The van der Waals surface area contributed by atoms with E-state index in [-0.39, 0.29) is 11.9 Å². The van der Waals surface area contributed by atoms with Gasteiger partial charge in [0.1, 0.15) is 11.6 Å². The molecule has 0 aliphatic carbocycles. The fraction of sp³-hybridized carbons (Fsp3) is 0.412. The summed E-state index contributed by atoms with van der Waals surface area (Å²) in [6, 6.07) is 3.84. The second-order valence-corrected chi connectivity index (χ2v) is 6.45. The van der Waals surface area contributed by atoms with Gasteiger partial charge in [0, 0.05) is 38.4 Å². The number of hydrogen-bond donors (Lipinski definition) is 2. The van der Waals surface area contributed by atoms with Gasteiger partial charge in [-0.2, -0.15) is 5.10 Å². The van der Waals surface area contributed by atoms with Gasteiger partial charge in [-0.05, 0) is 25.8 Å². The smallest absolute Gasteiger partial charge is 0.253 e. The van der Waals surface area contributed by atoms with Crippen molar-refractivity contribution >= 4 is 22.9 Å². The number of fused-ring (bicyclic) bond motifs is 1. The molecule has 3 aromatic rings. The molecule has 2 N–H and O–H groups in total. The number of pyridine rings is 1. The van der Waals surface area contributed by atoms with Crippen LogP contribution in [0.3, 0.4) is 0 Å². The molecule has 0 radical (unpaired) electrons. The van der Waals surface area contributed by atoms with Gasteiger partial charge in [0.25, 0.3) is 5.91 Å². The number of imidazole rings is 1. The number of aryl methyl sites for hydroxylation is 2. The highest BCUT2D eigenvalue weighted by atomic mass is 16.1. The first-order valence-electron chi connectivity index (χ1n) is 8.47. The van der Waals surface area contributed by atoms with E-state index in [9.17, 15) is 4.79 Å². The second kappa shape index (κ2) is 6.19. The van der Waals surface area contributed by atoms with E-state index in [1.54, 1.807) is 18.5 Å². The third-order valence-electron chi connectivity index (χ3n) is 4.63. The molecule has 1 amide bonds. The van der Waals surface area contributed by atoms with E-state index < -0.39 is 0 Å². The summed E-state index contributed by atoms with van der Waals surface area (Å²) in [7, 11) is 1.94. The third kappa shape index (κ3) is 2.95. The molecule has 1 unspecified atom stereocenters. The third-order valence-corrected chi connectivity index (χ3v) is 4.63. The van der Waals surface area contributed by atoms with Gasteiger partial charge in [-0.3, -0.25) is 9.48 Å². The van der Waals surface area contributed by atoms with Gasteiger partial charge >= 0.3 is 0 Å². The molecule has 1 aliphatic rings. The summed E-state index contributed by atoms with van der Waals surface area (Å²) in [6.07, 6.45) is 5.42. The molecule has 4 heterocycles. The number of piperidine rings is 1. The Morgan fingerprint density at radius 1 is 1.36 bits per heavy atom. The van der Waals surface area contributed by atoms with Crippen LogP contribution in [0.1, 0.15) is 29.0 Å². The highest BCUT2D eigenvalue weighted by Crippen LogP contribution is 2.20. The Morgan fingerprint density at radius 3 is 3.04 bits per heavy atom. The van der Waals surface area contributed by atoms with Gasteiger partial charge in [0.05, 0.1) is 17.3 Å². The van der Waals surface area contributed by atoms with Crippen LogP contribution in [0.4, 0.5) is 5.82 Å². The van der Waals surface area contributed by atoms with Crippen molar-refractivity contribution in [2.45, 2.75) is 25.8 Å². The van der Waals surface area contributed by atoms with Gasteiger partial charge < -0.3 is 15.2 Å². The van der Waals surface area contributed by atoms with Crippen LogP contribution in [0, 0.1) is 6.92 Å². The number of amides is 1. The Bertz CT molecular complexity index is 913. The molecular weight excluding hydrogens is 318 g/mol. The van der Waals surface area contributed by atoms with Gasteiger partial charge in [-0.15, -0.1) is 0 Å². The molecule has 8 nitrogen and oxygen atoms in total. The van der Waals surface area contributed by atoms with E-state index in [0.29, 0.717) is 16.7 Å².